The van der Waals surface area contributed by atoms with Crippen molar-refractivity contribution in [3.63, 3.8) is 0 Å². The summed E-state index contributed by atoms with van der Waals surface area (Å²) in [5, 5.41) is 6.21. The third-order valence-corrected chi connectivity index (χ3v) is 1.66. The molecule has 1 heterocycles. The maximum Gasteiger partial charge on any atom is 0.343 e. The standard InChI is InChI=1S/C7H14N4O/c1-4(2)11-6(5(3)8)9-10-7(11)12/h4-5H,8H2,1-3H3,(H,10,12). The van der Waals surface area contributed by atoms with E-state index in [0.29, 0.717) is 5.82 Å². The number of nitrogens with two attached hydrogens (primary N) is 1. The molecule has 5 heteroatoms. The molecular formula is C7H14N4O. The second kappa shape index (κ2) is 3.10. The maximum atomic E-state index is 11.2. The van der Waals surface area contributed by atoms with E-state index in [1.54, 1.807) is 11.5 Å². The van der Waals surface area contributed by atoms with Crippen LogP contribution in [0.2, 0.25) is 0 Å². The minimum absolute atomic E-state index is 0.0947. The van der Waals surface area contributed by atoms with Gasteiger partial charge in [-0.3, -0.25) is 4.57 Å². The molecule has 0 aliphatic carbocycles. The Balaban J connectivity index is 3.22. The van der Waals surface area contributed by atoms with E-state index in [1.165, 1.54) is 0 Å². The van der Waals surface area contributed by atoms with Crippen molar-refractivity contribution in [3.05, 3.63) is 16.3 Å². The van der Waals surface area contributed by atoms with Crippen molar-refractivity contribution in [3.8, 4) is 0 Å². The second-order valence-electron chi connectivity index (χ2n) is 3.14. The van der Waals surface area contributed by atoms with Crippen molar-refractivity contribution < 1.29 is 0 Å². The summed E-state index contributed by atoms with van der Waals surface area (Å²) in [4.78, 5) is 11.2. The highest BCUT2D eigenvalue weighted by molar-refractivity contribution is 4.93. The molecule has 68 valence electrons. The fraction of sp³-hybridized carbons (Fsp3) is 0.714. The van der Waals surface area contributed by atoms with E-state index in [4.69, 9.17) is 5.73 Å². The molecule has 1 aromatic heterocycles. The first kappa shape index (κ1) is 8.99. The largest absolute Gasteiger partial charge is 0.343 e. The number of aromatic nitrogens is 3. The fourth-order valence-corrected chi connectivity index (χ4v) is 1.14. The number of hydrogen-bond donors (Lipinski definition) is 2. The smallest absolute Gasteiger partial charge is 0.322 e. The van der Waals surface area contributed by atoms with Crippen LogP contribution in [0, 0.1) is 0 Å². The second-order valence-corrected chi connectivity index (χ2v) is 3.14. The molecular weight excluding hydrogens is 156 g/mol. The van der Waals surface area contributed by atoms with Crippen molar-refractivity contribution in [1.82, 2.24) is 14.8 Å². The summed E-state index contributed by atoms with van der Waals surface area (Å²) >= 11 is 0. The molecule has 0 amide bonds. The first-order valence-corrected chi connectivity index (χ1v) is 3.96. The lowest BCUT2D eigenvalue weighted by Gasteiger charge is -2.10. The Morgan fingerprint density at radius 3 is 2.42 bits per heavy atom. The third kappa shape index (κ3) is 1.40. The lowest BCUT2D eigenvalue weighted by molar-refractivity contribution is 0.530. The zero-order chi connectivity index (χ0) is 9.30. The maximum absolute atomic E-state index is 11.2. The van der Waals surface area contributed by atoms with Gasteiger partial charge in [-0.15, -0.1) is 0 Å². The molecule has 0 spiro atoms. The Bertz CT molecular complexity index is 309. The molecule has 0 fully saturated rings. The quantitative estimate of drug-likeness (QED) is 0.664. The Kier molecular flexibility index (Phi) is 2.32. The summed E-state index contributed by atoms with van der Waals surface area (Å²) in [6.07, 6.45) is 0. The van der Waals surface area contributed by atoms with Gasteiger partial charge in [-0.2, -0.15) is 5.10 Å². The molecule has 1 rings (SSSR count). The van der Waals surface area contributed by atoms with Gasteiger partial charge in [-0.25, -0.2) is 9.89 Å². The SMILES string of the molecule is CC(N)c1n[nH]c(=O)n1C(C)C. The number of nitrogens with one attached hydrogen (secondary N) is 1. The zero-order valence-corrected chi connectivity index (χ0v) is 7.53. The summed E-state index contributed by atoms with van der Waals surface area (Å²) < 4.78 is 1.56. The van der Waals surface area contributed by atoms with E-state index in [0.717, 1.165) is 0 Å². The molecule has 0 bridgehead atoms. The van der Waals surface area contributed by atoms with Crippen molar-refractivity contribution >= 4 is 0 Å². The van der Waals surface area contributed by atoms with Crippen LogP contribution in [0.5, 0.6) is 0 Å². The van der Waals surface area contributed by atoms with Crippen LogP contribution in [0.3, 0.4) is 0 Å². The number of H-pyrrole nitrogens is 1. The monoisotopic (exact) mass is 170 g/mol. The van der Waals surface area contributed by atoms with Crippen LogP contribution in [-0.2, 0) is 0 Å². The fourth-order valence-electron chi connectivity index (χ4n) is 1.14. The summed E-state index contributed by atoms with van der Waals surface area (Å²) in [6.45, 7) is 5.64. The number of hydrogen-bond acceptors (Lipinski definition) is 3. The summed E-state index contributed by atoms with van der Waals surface area (Å²) in [5.41, 5.74) is 5.43. The van der Waals surface area contributed by atoms with Crippen LogP contribution < -0.4 is 11.4 Å². The Labute approximate surface area is 70.6 Å². The van der Waals surface area contributed by atoms with E-state index in [9.17, 15) is 4.79 Å². The van der Waals surface area contributed by atoms with Gasteiger partial charge in [0.1, 0.15) is 5.82 Å². The Morgan fingerprint density at radius 2 is 2.08 bits per heavy atom. The number of nitrogens with zero attached hydrogens (tertiary/aromatic N) is 2. The average molecular weight is 170 g/mol. The number of aromatic amines is 1. The van der Waals surface area contributed by atoms with Gasteiger partial charge >= 0.3 is 5.69 Å². The van der Waals surface area contributed by atoms with Crippen LogP contribution in [-0.4, -0.2) is 14.8 Å². The minimum atomic E-state index is -0.216. The molecule has 0 aliphatic rings. The highest BCUT2D eigenvalue weighted by Gasteiger charge is 2.13. The van der Waals surface area contributed by atoms with Crippen LogP contribution in [0.25, 0.3) is 0 Å². The average Bonchev–Trinajstić information content (AvgIpc) is 2.30. The molecule has 5 nitrogen and oxygen atoms in total. The van der Waals surface area contributed by atoms with Gasteiger partial charge in [0, 0.05) is 6.04 Å². The van der Waals surface area contributed by atoms with E-state index in [2.05, 4.69) is 10.2 Å². The predicted molar refractivity (Wildman–Crippen MR) is 45.8 cm³/mol. The van der Waals surface area contributed by atoms with Gasteiger partial charge in [0.2, 0.25) is 0 Å². The van der Waals surface area contributed by atoms with Crippen LogP contribution in [0.4, 0.5) is 0 Å². The molecule has 0 saturated carbocycles. The molecule has 0 radical (unpaired) electrons. The normalized spacial score (nSPS) is 13.8. The number of rotatable bonds is 2. The third-order valence-electron chi connectivity index (χ3n) is 1.66. The topological polar surface area (TPSA) is 76.7 Å². The summed E-state index contributed by atoms with van der Waals surface area (Å²) in [6, 6.07) is -0.122. The predicted octanol–water partition coefficient (Wildman–Crippen LogP) is 0.172. The minimum Gasteiger partial charge on any atom is -0.322 e. The molecule has 3 N–H and O–H groups in total. The highest BCUT2D eigenvalue weighted by atomic mass is 16.1. The van der Waals surface area contributed by atoms with Gasteiger partial charge in [0.15, 0.2) is 0 Å². The summed E-state index contributed by atoms with van der Waals surface area (Å²) in [5.74, 6) is 0.606. The molecule has 12 heavy (non-hydrogen) atoms. The zero-order valence-electron chi connectivity index (χ0n) is 7.53. The van der Waals surface area contributed by atoms with E-state index < -0.39 is 0 Å². The molecule has 0 aliphatic heterocycles. The first-order chi connectivity index (χ1) is 5.54. The molecule has 1 aromatic rings. The molecule has 1 unspecified atom stereocenters. The highest BCUT2D eigenvalue weighted by Crippen LogP contribution is 2.08. The van der Waals surface area contributed by atoms with Gasteiger partial charge < -0.3 is 5.73 Å². The van der Waals surface area contributed by atoms with Gasteiger partial charge in [0.25, 0.3) is 0 Å². The van der Waals surface area contributed by atoms with Crippen LogP contribution in [0.15, 0.2) is 4.79 Å². The van der Waals surface area contributed by atoms with Gasteiger partial charge in [-0.05, 0) is 20.8 Å². The van der Waals surface area contributed by atoms with Crippen LogP contribution >= 0.6 is 0 Å². The summed E-state index contributed by atoms with van der Waals surface area (Å²) in [7, 11) is 0. The lowest BCUT2D eigenvalue weighted by atomic mass is 10.3. The lowest BCUT2D eigenvalue weighted by Crippen LogP contribution is -2.23. The molecule has 1 atom stereocenters. The van der Waals surface area contributed by atoms with E-state index in [-0.39, 0.29) is 17.8 Å². The van der Waals surface area contributed by atoms with E-state index in [1.807, 2.05) is 13.8 Å². The Morgan fingerprint density at radius 1 is 1.50 bits per heavy atom. The van der Waals surface area contributed by atoms with Gasteiger partial charge in [-0.1, -0.05) is 0 Å². The van der Waals surface area contributed by atoms with Gasteiger partial charge in [0.05, 0.1) is 6.04 Å². The first-order valence-electron chi connectivity index (χ1n) is 3.96. The van der Waals surface area contributed by atoms with Crippen LogP contribution in [0.1, 0.15) is 38.7 Å². The van der Waals surface area contributed by atoms with Crippen molar-refractivity contribution in [2.45, 2.75) is 32.9 Å². The molecule has 0 aromatic carbocycles. The van der Waals surface area contributed by atoms with Crippen molar-refractivity contribution in [1.29, 1.82) is 0 Å². The molecule has 0 saturated heterocycles. The van der Waals surface area contributed by atoms with Crippen molar-refractivity contribution in [2.75, 3.05) is 0 Å². The Hall–Kier alpha value is -1.10. The van der Waals surface area contributed by atoms with E-state index >= 15 is 0 Å². The van der Waals surface area contributed by atoms with Crippen molar-refractivity contribution in [2.24, 2.45) is 5.73 Å².